The lowest BCUT2D eigenvalue weighted by Gasteiger charge is -2.32. The number of pyridine rings is 1. The van der Waals surface area contributed by atoms with E-state index in [1.54, 1.807) is 0 Å². The Morgan fingerprint density at radius 2 is 1.17 bits per heavy atom. The molecule has 6 aromatic carbocycles. The lowest BCUT2D eigenvalue weighted by Crippen LogP contribution is -2.16. The molecular weight excluding hydrogens is 576 g/mol. The van der Waals surface area contributed by atoms with Gasteiger partial charge in [0.1, 0.15) is 11.1 Å². The fourth-order valence-electron chi connectivity index (χ4n) is 6.34. The van der Waals surface area contributed by atoms with Gasteiger partial charge in [0.25, 0.3) is 0 Å². The van der Waals surface area contributed by atoms with Crippen molar-refractivity contribution in [2.45, 2.75) is 6.17 Å². The van der Waals surface area contributed by atoms with Crippen molar-refractivity contribution in [3.63, 3.8) is 0 Å². The van der Waals surface area contributed by atoms with Crippen LogP contribution in [0.4, 0.5) is 0 Å². The molecule has 3 heterocycles. The molecule has 0 N–H and O–H groups in total. The summed E-state index contributed by atoms with van der Waals surface area (Å²) in [6.45, 7) is 0. The summed E-state index contributed by atoms with van der Waals surface area (Å²) in [7, 11) is 0. The molecular formula is C42H27N4O-. The Bertz CT molecular complexity index is 2470. The normalized spacial score (nSPS) is 14.6. The molecule has 0 spiro atoms. The second kappa shape index (κ2) is 11.2. The van der Waals surface area contributed by atoms with E-state index in [0.717, 1.165) is 66.4 Å². The van der Waals surface area contributed by atoms with E-state index < -0.39 is 6.17 Å². The molecule has 0 amide bonds. The van der Waals surface area contributed by atoms with Crippen LogP contribution in [-0.2, 0) is 0 Å². The maximum Gasteiger partial charge on any atom is 0.154 e. The summed E-state index contributed by atoms with van der Waals surface area (Å²) in [4.78, 5) is 15.3. The van der Waals surface area contributed by atoms with Crippen molar-refractivity contribution >= 4 is 44.6 Å². The fraction of sp³-hybridized carbons (Fsp3) is 0.0238. The van der Waals surface area contributed by atoms with Gasteiger partial charge in [-0.05, 0) is 45.5 Å². The number of fused-ring (bicyclic) bond motifs is 4. The number of hydrogen-bond donors (Lipinski definition) is 0. The minimum Gasteiger partial charge on any atom is -0.454 e. The second-order valence-corrected chi connectivity index (χ2v) is 11.6. The van der Waals surface area contributed by atoms with E-state index >= 15 is 0 Å². The van der Waals surface area contributed by atoms with Gasteiger partial charge in [0.05, 0.1) is 22.9 Å². The van der Waals surface area contributed by atoms with Crippen LogP contribution >= 0.6 is 0 Å². The Balaban J connectivity index is 1.25. The van der Waals surface area contributed by atoms with E-state index in [2.05, 4.69) is 84.9 Å². The van der Waals surface area contributed by atoms with Gasteiger partial charge >= 0.3 is 0 Å². The number of aliphatic imine (C=N–C) groups is 2. The van der Waals surface area contributed by atoms with Gasteiger partial charge in [-0.25, -0.2) is 4.98 Å². The zero-order chi connectivity index (χ0) is 31.2. The fourth-order valence-corrected chi connectivity index (χ4v) is 6.34. The highest BCUT2D eigenvalue weighted by molar-refractivity contribution is 6.19. The minimum atomic E-state index is -0.562. The van der Waals surface area contributed by atoms with Crippen LogP contribution in [0.25, 0.3) is 60.5 Å². The average Bonchev–Trinajstić information content (AvgIpc) is 3.53. The molecule has 8 aromatic rings. The SMILES string of the molecule is c1ccc(C2=NC(c3ccc(-c4ccccc4)cc3)=NC(c3ccc(-c4ccccc4)c4oc5cc6ccccc6nc5c34)[N-]2)cc1. The van der Waals surface area contributed by atoms with Gasteiger partial charge in [0, 0.05) is 10.9 Å². The van der Waals surface area contributed by atoms with E-state index in [1.807, 2.05) is 72.8 Å². The molecule has 0 saturated heterocycles. The van der Waals surface area contributed by atoms with E-state index in [9.17, 15) is 0 Å². The standard InChI is InChI=1S/C42H27N4O/c1-4-12-27(13-5-1)28-20-22-31(23-21-28)41-44-40(30-16-8-3-9-17-30)45-42(46-41)34-25-24-33(29-14-6-2-7-15-29)39-37(34)38-36(47-39)26-32-18-10-11-19-35(32)43-38/h1-26,42H/q-1. The van der Waals surface area contributed by atoms with E-state index in [4.69, 9.17) is 24.7 Å². The van der Waals surface area contributed by atoms with Crippen LogP contribution in [0.3, 0.4) is 0 Å². The molecule has 1 atom stereocenters. The number of amidine groups is 2. The van der Waals surface area contributed by atoms with Crippen molar-refractivity contribution in [3.8, 4) is 22.3 Å². The number of benzene rings is 6. The summed E-state index contributed by atoms with van der Waals surface area (Å²) in [5, 5.41) is 7.10. The Kier molecular flexibility index (Phi) is 6.46. The monoisotopic (exact) mass is 603 g/mol. The first kappa shape index (κ1) is 27.0. The van der Waals surface area contributed by atoms with Crippen LogP contribution in [0.2, 0.25) is 0 Å². The third-order valence-electron chi connectivity index (χ3n) is 8.67. The summed E-state index contributed by atoms with van der Waals surface area (Å²) in [5.41, 5.74) is 10.4. The van der Waals surface area contributed by atoms with Gasteiger partial charge in [-0.2, -0.15) is 0 Å². The molecule has 2 aromatic heterocycles. The number of nitrogens with zero attached hydrogens (tertiary/aromatic N) is 4. The smallest absolute Gasteiger partial charge is 0.154 e. The van der Waals surface area contributed by atoms with Gasteiger partial charge in [-0.1, -0.05) is 151 Å². The van der Waals surface area contributed by atoms with Crippen molar-refractivity contribution in [3.05, 3.63) is 180 Å². The first-order valence-corrected chi connectivity index (χ1v) is 15.7. The van der Waals surface area contributed by atoms with Crippen molar-refractivity contribution in [1.29, 1.82) is 0 Å². The van der Waals surface area contributed by atoms with Gasteiger partial charge in [-0.15, -0.1) is 0 Å². The van der Waals surface area contributed by atoms with Gasteiger partial charge in [0.2, 0.25) is 0 Å². The maximum absolute atomic E-state index is 6.67. The molecule has 1 aliphatic rings. The third kappa shape index (κ3) is 4.86. The second-order valence-electron chi connectivity index (χ2n) is 11.6. The molecule has 5 nitrogen and oxygen atoms in total. The van der Waals surface area contributed by atoms with Crippen LogP contribution in [0.1, 0.15) is 22.9 Å². The van der Waals surface area contributed by atoms with Crippen LogP contribution < -0.4 is 0 Å². The quantitative estimate of drug-likeness (QED) is 0.196. The van der Waals surface area contributed by atoms with E-state index in [-0.39, 0.29) is 0 Å². The zero-order valence-electron chi connectivity index (χ0n) is 25.3. The van der Waals surface area contributed by atoms with Gasteiger partial charge < -0.3 is 14.7 Å². The zero-order valence-corrected chi connectivity index (χ0v) is 25.3. The average molecular weight is 604 g/mol. The predicted octanol–water partition coefficient (Wildman–Crippen LogP) is 10.7. The Labute approximate surface area is 271 Å². The predicted molar refractivity (Wildman–Crippen MR) is 192 cm³/mol. The highest BCUT2D eigenvalue weighted by Crippen LogP contribution is 2.43. The van der Waals surface area contributed by atoms with Crippen molar-refractivity contribution in [2.75, 3.05) is 0 Å². The molecule has 47 heavy (non-hydrogen) atoms. The van der Waals surface area contributed by atoms with Crippen LogP contribution in [0.5, 0.6) is 0 Å². The lowest BCUT2D eigenvalue weighted by molar-refractivity contribution is 0.669. The maximum atomic E-state index is 6.67. The summed E-state index contributed by atoms with van der Waals surface area (Å²) < 4.78 is 6.67. The molecule has 1 unspecified atom stereocenters. The Hall–Kier alpha value is -6.33. The van der Waals surface area contributed by atoms with E-state index in [1.165, 1.54) is 5.56 Å². The Morgan fingerprint density at radius 1 is 0.553 bits per heavy atom. The molecule has 0 aliphatic carbocycles. The van der Waals surface area contributed by atoms with Gasteiger partial charge in [-0.3, -0.25) is 4.99 Å². The number of hydrogen-bond acceptors (Lipinski definition) is 4. The molecule has 9 rings (SSSR count). The molecule has 0 bridgehead atoms. The molecule has 0 fully saturated rings. The lowest BCUT2D eigenvalue weighted by atomic mass is 9.97. The largest absolute Gasteiger partial charge is 0.454 e. The topological polar surface area (TPSA) is 64.8 Å². The number of rotatable bonds is 5. The number of para-hydroxylation sites is 1. The highest BCUT2D eigenvalue weighted by atomic mass is 16.3. The van der Waals surface area contributed by atoms with Crippen LogP contribution in [0.15, 0.2) is 172 Å². The van der Waals surface area contributed by atoms with Crippen LogP contribution in [-0.4, -0.2) is 16.7 Å². The first-order chi connectivity index (χ1) is 23.3. The molecule has 1 aliphatic heterocycles. The molecule has 0 saturated carbocycles. The third-order valence-corrected chi connectivity index (χ3v) is 8.67. The van der Waals surface area contributed by atoms with E-state index in [0.29, 0.717) is 11.7 Å². The van der Waals surface area contributed by atoms with Crippen molar-refractivity contribution in [2.24, 2.45) is 9.98 Å². The van der Waals surface area contributed by atoms with Crippen molar-refractivity contribution < 1.29 is 4.42 Å². The molecule has 0 radical (unpaired) electrons. The molecule has 222 valence electrons. The minimum absolute atomic E-state index is 0.562. The summed E-state index contributed by atoms with van der Waals surface area (Å²) in [6, 6.07) is 53.6. The van der Waals surface area contributed by atoms with Gasteiger partial charge in [0.15, 0.2) is 5.58 Å². The number of aromatic nitrogens is 1. The first-order valence-electron chi connectivity index (χ1n) is 15.7. The Morgan fingerprint density at radius 3 is 1.91 bits per heavy atom. The van der Waals surface area contributed by atoms with Crippen molar-refractivity contribution in [1.82, 2.24) is 4.98 Å². The summed E-state index contributed by atoms with van der Waals surface area (Å²) >= 11 is 0. The van der Waals surface area contributed by atoms with Crippen LogP contribution in [0, 0.1) is 0 Å². The number of furan rings is 1. The summed E-state index contributed by atoms with van der Waals surface area (Å²) in [6.07, 6.45) is -0.562. The summed E-state index contributed by atoms with van der Waals surface area (Å²) in [5.74, 6) is 1.27. The molecule has 5 heteroatoms. The highest BCUT2D eigenvalue weighted by Gasteiger charge is 2.23.